The lowest BCUT2D eigenvalue weighted by Gasteiger charge is -2.60. The Hall–Kier alpha value is -0.670. The number of Topliss-reactive ketones (excluding diaryl/α,β-unsaturated/α-hetero) is 1. The second-order valence-electron chi connectivity index (χ2n) is 13.2. The van der Waals surface area contributed by atoms with Crippen molar-refractivity contribution in [1.82, 2.24) is 0 Å². The predicted octanol–water partition coefficient (Wildman–Crippen LogP) is 6.97. The van der Waals surface area contributed by atoms with Crippen LogP contribution >= 0.6 is 0 Å². The minimum Gasteiger partial charge on any atom is -0.392 e. The van der Waals surface area contributed by atoms with E-state index in [9.17, 15) is 9.90 Å². The lowest BCUT2D eigenvalue weighted by Crippen LogP contribution is -2.53. The van der Waals surface area contributed by atoms with Crippen LogP contribution in [-0.4, -0.2) is 30.2 Å². The van der Waals surface area contributed by atoms with Crippen LogP contribution in [0.1, 0.15) is 106 Å². The molecule has 0 aliphatic heterocycles. The molecule has 10 atom stereocenters. The van der Waals surface area contributed by atoms with Gasteiger partial charge in [-0.1, -0.05) is 46.3 Å². The number of rotatable bonds is 7. The summed E-state index contributed by atoms with van der Waals surface area (Å²) in [7, 11) is 1.88. The van der Waals surface area contributed by atoms with Crippen molar-refractivity contribution in [3.8, 4) is 0 Å². The van der Waals surface area contributed by atoms with E-state index in [1.54, 1.807) is 12.5 Å². The second kappa shape index (κ2) is 9.08. The van der Waals surface area contributed by atoms with Crippen LogP contribution in [-0.2, 0) is 9.53 Å². The minimum absolute atomic E-state index is 0.102. The zero-order chi connectivity index (χ0) is 24.2. The molecule has 0 aromatic heterocycles. The molecular formula is C30H50O3. The largest absolute Gasteiger partial charge is 0.392 e. The number of hydrogen-bond donors (Lipinski definition) is 1. The van der Waals surface area contributed by atoms with E-state index in [2.05, 4.69) is 33.8 Å². The number of fused-ring (bicyclic) bond motifs is 5. The molecule has 3 nitrogen and oxygen atoms in total. The monoisotopic (exact) mass is 458 g/mol. The molecule has 0 aromatic rings. The van der Waals surface area contributed by atoms with Gasteiger partial charge < -0.3 is 9.84 Å². The summed E-state index contributed by atoms with van der Waals surface area (Å²) in [4.78, 5) is 11.7. The maximum absolute atomic E-state index is 11.7. The van der Waals surface area contributed by atoms with Crippen molar-refractivity contribution in [3.63, 3.8) is 0 Å². The molecule has 0 heterocycles. The number of carbonyl (C=O) groups excluding carboxylic acids is 1. The molecule has 4 rings (SSSR count). The molecule has 3 fully saturated rings. The van der Waals surface area contributed by atoms with E-state index in [4.69, 9.17) is 4.74 Å². The maximum Gasteiger partial charge on any atom is 0.135 e. The summed E-state index contributed by atoms with van der Waals surface area (Å²) >= 11 is 0. The van der Waals surface area contributed by atoms with E-state index in [1.807, 2.05) is 14.0 Å². The standard InChI is InChI=1S/C30H50O3/c1-19(8-11-27(32)20(2)21(3)31)29(5)16-14-26-24-10-9-22-18-23(33-7)12-15-28(22,4)25(24)13-17-30(26,29)6/h9,19-20,23-27,32H,8,10-18H2,1-7H3/t19-,20?,23+,24-,25+,26+,27-,28+,29-,30+/m1/s1. The molecule has 3 saturated carbocycles. The van der Waals surface area contributed by atoms with Crippen LogP contribution in [0.2, 0.25) is 0 Å². The molecule has 0 saturated heterocycles. The minimum atomic E-state index is -0.502. The van der Waals surface area contributed by atoms with Crippen molar-refractivity contribution >= 4 is 5.78 Å². The molecule has 0 spiro atoms. The highest BCUT2D eigenvalue weighted by Gasteiger charge is 2.63. The van der Waals surface area contributed by atoms with Crippen molar-refractivity contribution in [2.45, 2.75) is 118 Å². The molecule has 0 aromatic carbocycles. The van der Waals surface area contributed by atoms with Gasteiger partial charge in [0.25, 0.3) is 0 Å². The molecule has 0 radical (unpaired) electrons. The quantitative estimate of drug-likeness (QED) is 0.419. The summed E-state index contributed by atoms with van der Waals surface area (Å²) in [6.07, 6.45) is 14.6. The van der Waals surface area contributed by atoms with Gasteiger partial charge in [0.2, 0.25) is 0 Å². The van der Waals surface area contributed by atoms with Crippen LogP contribution in [0.5, 0.6) is 0 Å². The van der Waals surface area contributed by atoms with Gasteiger partial charge in [-0.05, 0) is 111 Å². The molecule has 4 aliphatic rings. The summed E-state index contributed by atoms with van der Waals surface area (Å²) in [5.74, 6) is 2.91. The molecule has 33 heavy (non-hydrogen) atoms. The van der Waals surface area contributed by atoms with Gasteiger partial charge in [-0.25, -0.2) is 0 Å². The van der Waals surface area contributed by atoms with Crippen molar-refractivity contribution in [3.05, 3.63) is 11.6 Å². The average Bonchev–Trinajstić information content (AvgIpc) is 3.07. The van der Waals surface area contributed by atoms with Crippen molar-refractivity contribution in [2.24, 2.45) is 45.8 Å². The molecule has 1 N–H and O–H groups in total. The zero-order valence-electron chi connectivity index (χ0n) is 22.5. The topological polar surface area (TPSA) is 46.5 Å². The Labute approximate surface area is 203 Å². The van der Waals surface area contributed by atoms with Gasteiger partial charge in [0, 0.05) is 13.0 Å². The van der Waals surface area contributed by atoms with Crippen LogP contribution in [0.4, 0.5) is 0 Å². The normalized spacial score (nSPS) is 45.3. The first-order valence-electron chi connectivity index (χ1n) is 13.9. The summed E-state index contributed by atoms with van der Waals surface area (Å²) < 4.78 is 5.75. The molecular weight excluding hydrogens is 408 g/mol. The van der Waals surface area contributed by atoms with E-state index in [-0.39, 0.29) is 11.7 Å². The van der Waals surface area contributed by atoms with Gasteiger partial charge in [-0.15, -0.1) is 0 Å². The number of ether oxygens (including phenoxy) is 1. The van der Waals surface area contributed by atoms with Crippen LogP contribution in [0, 0.1) is 45.8 Å². The van der Waals surface area contributed by atoms with Gasteiger partial charge >= 0.3 is 0 Å². The highest BCUT2D eigenvalue weighted by molar-refractivity contribution is 5.78. The summed E-state index contributed by atoms with van der Waals surface area (Å²) in [5, 5.41) is 10.6. The Balaban J connectivity index is 1.50. The van der Waals surface area contributed by atoms with Crippen molar-refractivity contribution in [1.29, 1.82) is 0 Å². The Morgan fingerprint density at radius 3 is 2.45 bits per heavy atom. The fourth-order valence-corrected chi connectivity index (χ4v) is 9.20. The Bertz CT molecular complexity index is 773. The molecule has 0 amide bonds. The van der Waals surface area contributed by atoms with E-state index >= 15 is 0 Å². The van der Waals surface area contributed by atoms with Crippen LogP contribution in [0.25, 0.3) is 0 Å². The van der Waals surface area contributed by atoms with E-state index in [0.29, 0.717) is 28.3 Å². The van der Waals surface area contributed by atoms with E-state index in [0.717, 1.165) is 37.0 Å². The lowest BCUT2D eigenvalue weighted by molar-refractivity contribution is -0.123. The molecule has 3 heteroatoms. The predicted molar refractivity (Wildman–Crippen MR) is 135 cm³/mol. The fourth-order valence-electron chi connectivity index (χ4n) is 9.20. The van der Waals surface area contributed by atoms with E-state index < -0.39 is 6.10 Å². The Kier molecular flexibility index (Phi) is 7.00. The van der Waals surface area contributed by atoms with E-state index in [1.165, 1.54) is 44.9 Å². The smallest absolute Gasteiger partial charge is 0.135 e. The number of allylic oxidation sites excluding steroid dienone is 1. The Morgan fingerprint density at radius 2 is 1.79 bits per heavy atom. The number of aliphatic hydroxyl groups excluding tert-OH is 1. The first kappa shape index (κ1) is 25.4. The second-order valence-corrected chi connectivity index (χ2v) is 13.2. The first-order valence-corrected chi connectivity index (χ1v) is 13.9. The number of hydrogen-bond acceptors (Lipinski definition) is 3. The third-order valence-electron chi connectivity index (χ3n) is 12.3. The highest BCUT2D eigenvalue weighted by Crippen LogP contribution is 2.71. The van der Waals surface area contributed by atoms with Crippen LogP contribution in [0.15, 0.2) is 11.6 Å². The average molecular weight is 459 g/mol. The van der Waals surface area contributed by atoms with Crippen molar-refractivity contribution < 1.29 is 14.6 Å². The number of methoxy groups -OCH3 is 1. The van der Waals surface area contributed by atoms with Gasteiger partial charge in [0.1, 0.15) is 5.78 Å². The number of aliphatic hydroxyl groups is 1. The maximum atomic E-state index is 11.7. The lowest BCUT2D eigenvalue weighted by atomic mass is 9.44. The third-order valence-corrected chi connectivity index (χ3v) is 12.3. The van der Waals surface area contributed by atoms with Crippen molar-refractivity contribution in [2.75, 3.05) is 7.11 Å². The van der Waals surface area contributed by atoms with Gasteiger partial charge in [0.05, 0.1) is 12.2 Å². The first-order chi connectivity index (χ1) is 15.5. The van der Waals surface area contributed by atoms with Crippen LogP contribution < -0.4 is 0 Å². The highest BCUT2D eigenvalue weighted by atomic mass is 16.5. The SMILES string of the molecule is CO[C@H]1CC[C@@]2(C)C(=CC[C@@H]3[C@@H]2CC[C@@]2(C)[C@H]3CC[C@]2(C)[C@H](C)CC[C@@H](O)C(C)C(C)=O)C1. The van der Waals surface area contributed by atoms with Gasteiger partial charge in [-0.2, -0.15) is 0 Å². The van der Waals surface area contributed by atoms with Gasteiger partial charge in [0.15, 0.2) is 0 Å². The molecule has 4 aliphatic carbocycles. The number of carbonyl (C=O) groups is 1. The molecule has 1 unspecified atom stereocenters. The Morgan fingerprint density at radius 1 is 1.09 bits per heavy atom. The van der Waals surface area contributed by atoms with Crippen LogP contribution in [0.3, 0.4) is 0 Å². The fraction of sp³-hybridized carbons (Fsp3) is 0.900. The third kappa shape index (κ3) is 3.98. The van der Waals surface area contributed by atoms with Gasteiger partial charge in [-0.3, -0.25) is 4.79 Å². The number of ketones is 1. The summed E-state index contributed by atoms with van der Waals surface area (Å²) in [5.41, 5.74) is 2.79. The zero-order valence-corrected chi connectivity index (χ0v) is 22.5. The molecule has 0 bridgehead atoms. The summed E-state index contributed by atoms with van der Waals surface area (Å²) in [6, 6.07) is 0. The molecule has 188 valence electrons. The summed E-state index contributed by atoms with van der Waals surface area (Å²) in [6.45, 7) is 13.7.